The molecule has 0 spiro atoms. The predicted molar refractivity (Wildman–Crippen MR) is 104 cm³/mol. The van der Waals surface area contributed by atoms with Gasteiger partial charge >= 0.3 is 5.16 Å². The van der Waals surface area contributed by atoms with E-state index in [-0.39, 0.29) is 11.1 Å². The third-order valence-electron chi connectivity index (χ3n) is 4.94. The van der Waals surface area contributed by atoms with Gasteiger partial charge < -0.3 is 14.0 Å². The van der Waals surface area contributed by atoms with E-state index in [1.54, 1.807) is 19.4 Å². The maximum absolute atomic E-state index is 13.4. The summed E-state index contributed by atoms with van der Waals surface area (Å²) < 4.78 is 37.8. The lowest BCUT2D eigenvalue weighted by Gasteiger charge is -2.27. The monoisotopic (exact) mass is 403 g/mol. The first-order valence-electron chi connectivity index (χ1n) is 9.24. The van der Waals surface area contributed by atoms with Crippen molar-refractivity contribution in [1.29, 1.82) is 0 Å². The summed E-state index contributed by atoms with van der Waals surface area (Å²) >= 11 is -1.42. The number of aromatic amines is 1. The average molecular weight is 403 g/mol. The summed E-state index contributed by atoms with van der Waals surface area (Å²) in [4.78, 5) is 12.0. The van der Waals surface area contributed by atoms with Crippen LogP contribution in [0.5, 0.6) is 5.75 Å². The van der Waals surface area contributed by atoms with Crippen molar-refractivity contribution < 1.29 is 18.4 Å². The van der Waals surface area contributed by atoms with Crippen LogP contribution in [-0.4, -0.2) is 39.8 Å². The molecular formula is C20H22FN3O3S. The molecule has 1 N–H and O–H groups in total. The third-order valence-corrected chi connectivity index (χ3v) is 6.49. The molecular weight excluding hydrogens is 381 g/mol. The summed E-state index contributed by atoms with van der Waals surface area (Å²) in [7, 11) is 1.64. The molecule has 3 aromatic rings. The zero-order chi connectivity index (χ0) is 19.7. The normalized spacial score (nSPS) is 17.5. The summed E-state index contributed by atoms with van der Waals surface area (Å²) in [6, 6.07) is 4.30. The van der Waals surface area contributed by atoms with E-state index >= 15 is 0 Å². The topological polar surface area (TPSA) is 83.1 Å². The minimum Gasteiger partial charge on any atom is -0.608 e. The number of hydrogen-bond donors (Lipinski definition) is 1. The Hall–Kier alpha value is -2.16. The molecule has 2 heterocycles. The molecule has 2 aromatic heterocycles. The number of pyridine rings is 1. The number of methoxy groups -OCH3 is 1. The fraction of sp³-hybridized carbons (Fsp3) is 0.400. The van der Waals surface area contributed by atoms with Gasteiger partial charge in [-0.1, -0.05) is 0 Å². The van der Waals surface area contributed by atoms with Gasteiger partial charge in [0.05, 0.1) is 23.3 Å². The Morgan fingerprint density at radius 2 is 2.21 bits per heavy atom. The molecule has 2 unspecified atom stereocenters. The van der Waals surface area contributed by atoms with E-state index in [1.807, 2.05) is 6.92 Å². The number of rotatable bonds is 6. The van der Waals surface area contributed by atoms with Crippen LogP contribution in [0.15, 0.2) is 29.6 Å². The summed E-state index contributed by atoms with van der Waals surface area (Å²) in [6.07, 6.45) is 4.25. The van der Waals surface area contributed by atoms with Crippen molar-refractivity contribution in [2.45, 2.75) is 36.6 Å². The van der Waals surface area contributed by atoms with E-state index in [1.165, 1.54) is 12.1 Å². The number of fused-ring (bicyclic) bond motifs is 2. The van der Waals surface area contributed by atoms with Crippen LogP contribution in [-0.2, 0) is 22.3 Å². The van der Waals surface area contributed by atoms with Crippen molar-refractivity contribution in [3.63, 3.8) is 0 Å². The van der Waals surface area contributed by atoms with Crippen LogP contribution in [0, 0.1) is 12.7 Å². The highest BCUT2D eigenvalue weighted by atomic mass is 32.2. The van der Waals surface area contributed by atoms with Gasteiger partial charge in [-0.2, -0.15) is 4.98 Å². The van der Waals surface area contributed by atoms with Crippen molar-refractivity contribution >= 4 is 22.2 Å². The van der Waals surface area contributed by atoms with Gasteiger partial charge in [-0.05, 0) is 31.9 Å². The highest BCUT2D eigenvalue weighted by Gasteiger charge is 2.36. The number of nitrogens with one attached hydrogen (secondary N) is 1. The quantitative estimate of drug-likeness (QED) is 0.502. The molecule has 0 amide bonds. The number of benzene rings is 1. The molecule has 0 radical (unpaired) electrons. The van der Waals surface area contributed by atoms with Gasteiger partial charge in [0.15, 0.2) is 5.25 Å². The van der Waals surface area contributed by atoms with Crippen molar-refractivity contribution in [3.8, 4) is 5.75 Å². The second-order valence-corrected chi connectivity index (χ2v) is 8.41. The number of imidazole rings is 1. The summed E-state index contributed by atoms with van der Waals surface area (Å²) in [5.74, 6) is 0.449. The van der Waals surface area contributed by atoms with Gasteiger partial charge in [-0.3, -0.25) is 9.97 Å². The molecule has 148 valence electrons. The number of aryl methyl sites for hydroxylation is 1. The Labute approximate surface area is 165 Å². The summed E-state index contributed by atoms with van der Waals surface area (Å²) in [6.45, 7) is 2.92. The molecule has 0 saturated carbocycles. The van der Waals surface area contributed by atoms with Crippen molar-refractivity contribution in [3.05, 3.63) is 47.0 Å². The summed E-state index contributed by atoms with van der Waals surface area (Å²) in [5.41, 5.74) is 3.92. The van der Waals surface area contributed by atoms with Gasteiger partial charge in [0.25, 0.3) is 0 Å². The van der Waals surface area contributed by atoms with E-state index in [4.69, 9.17) is 9.47 Å². The fourth-order valence-corrected chi connectivity index (χ4v) is 5.05. The second-order valence-electron chi connectivity index (χ2n) is 6.86. The van der Waals surface area contributed by atoms with E-state index < -0.39 is 11.2 Å². The Morgan fingerprint density at radius 3 is 3.04 bits per heavy atom. The highest BCUT2D eigenvalue weighted by Crippen LogP contribution is 2.41. The zero-order valence-corrected chi connectivity index (χ0v) is 16.6. The smallest absolute Gasteiger partial charge is 0.322 e. The Balaban J connectivity index is 1.67. The van der Waals surface area contributed by atoms with E-state index in [0.29, 0.717) is 29.4 Å². The first-order chi connectivity index (χ1) is 13.6. The van der Waals surface area contributed by atoms with Crippen LogP contribution >= 0.6 is 0 Å². The number of nitrogens with zero attached hydrogens (tertiary/aromatic N) is 2. The number of H-pyrrole nitrogens is 1. The van der Waals surface area contributed by atoms with Gasteiger partial charge in [-0.15, -0.1) is 0 Å². The molecule has 8 heteroatoms. The summed E-state index contributed by atoms with van der Waals surface area (Å²) in [5, 5.41) is 0.0715. The Kier molecular flexibility index (Phi) is 5.52. The minimum absolute atomic E-state index is 0.278. The molecule has 0 bridgehead atoms. The van der Waals surface area contributed by atoms with Crippen LogP contribution in [0.25, 0.3) is 11.0 Å². The standard InChI is InChI=1S/C20H22FN3O3S/c1-12-11-22-18-14(19(12)27-9-8-26-2)4-3-5-17(18)28(25)20-23-15-7-6-13(21)10-16(15)24-20/h6-7,10-11,17H,3-5,8-9H2,1-2H3,(H,23,24). The van der Waals surface area contributed by atoms with Crippen molar-refractivity contribution in [1.82, 2.24) is 15.0 Å². The predicted octanol–water partition coefficient (Wildman–Crippen LogP) is 3.62. The lowest BCUT2D eigenvalue weighted by molar-refractivity contribution is 0.145. The number of halogens is 1. The van der Waals surface area contributed by atoms with Crippen LogP contribution in [0.4, 0.5) is 4.39 Å². The largest absolute Gasteiger partial charge is 0.608 e. The van der Waals surface area contributed by atoms with Gasteiger partial charge in [0.2, 0.25) is 0 Å². The molecule has 4 rings (SSSR count). The molecule has 1 aliphatic carbocycles. The minimum atomic E-state index is -1.42. The SMILES string of the molecule is COCCOc1c(C)cnc2c1CCCC2[S+]([O-])c1nc2cc(F)ccc2[nH]1. The molecule has 28 heavy (non-hydrogen) atoms. The fourth-order valence-electron chi connectivity index (χ4n) is 3.60. The maximum Gasteiger partial charge on any atom is 0.322 e. The number of ether oxygens (including phenoxy) is 2. The average Bonchev–Trinajstić information content (AvgIpc) is 3.12. The number of aromatic nitrogens is 3. The Bertz CT molecular complexity index is 994. The molecule has 0 saturated heterocycles. The maximum atomic E-state index is 13.4. The van der Waals surface area contributed by atoms with E-state index in [0.717, 1.165) is 41.8 Å². The molecule has 1 aliphatic rings. The van der Waals surface area contributed by atoms with Gasteiger partial charge in [0, 0.05) is 48.1 Å². The number of hydrogen-bond acceptors (Lipinski definition) is 5. The molecule has 0 fully saturated rings. The lowest BCUT2D eigenvalue weighted by Crippen LogP contribution is -2.23. The zero-order valence-electron chi connectivity index (χ0n) is 15.8. The lowest BCUT2D eigenvalue weighted by atomic mass is 9.93. The third kappa shape index (κ3) is 3.59. The molecule has 6 nitrogen and oxygen atoms in total. The van der Waals surface area contributed by atoms with Crippen LogP contribution < -0.4 is 4.74 Å². The van der Waals surface area contributed by atoms with Crippen molar-refractivity contribution in [2.75, 3.05) is 20.3 Å². The Morgan fingerprint density at radius 1 is 1.36 bits per heavy atom. The first-order valence-corrected chi connectivity index (χ1v) is 10.5. The van der Waals surface area contributed by atoms with E-state index in [9.17, 15) is 8.94 Å². The highest BCUT2D eigenvalue weighted by molar-refractivity contribution is 7.91. The van der Waals surface area contributed by atoms with Gasteiger partial charge in [0.1, 0.15) is 18.2 Å². The van der Waals surface area contributed by atoms with E-state index in [2.05, 4.69) is 15.0 Å². The van der Waals surface area contributed by atoms with Crippen LogP contribution in [0.1, 0.15) is 34.9 Å². The second kappa shape index (κ2) is 8.06. The van der Waals surface area contributed by atoms with Crippen LogP contribution in [0.3, 0.4) is 0 Å². The molecule has 0 aliphatic heterocycles. The molecule has 1 aromatic carbocycles. The van der Waals surface area contributed by atoms with Crippen molar-refractivity contribution in [2.24, 2.45) is 0 Å². The molecule has 2 atom stereocenters. The van der Waals surface area contributed by atoms with Gasteiger partial charge in [-0.25, -0.2) is 4.39 Å². The van der Waals surface area contributed by atoms with Crippen LogP contribution in [0.2, 0.25) is 0 Å². The first kappa shape index (κ1) is 19.2.